The van der Waals surface area contributed by atoms with Crippen molar-refractivity contribution in [2.24, 2.45) is 0 Å². The van der Waals surface area contributed by atoms with Crippen molar-refractivity contribution in [1.29, 1.82) is 0 Å². The minimum atomic E-state index is -0.418. The zero-order valence-corrected chi connectivity index (χ0v) is 11.0. The fourth-order valence-electron chi connectivity index (χ4n) is 1.69. The second kappa shape index (κ2) is 4.62. The van der Waals surface area contributed by atoms with Gasteiger partial charge in [-0.1, -0.05) is 0 Å². The Kier molecular flexibility index (Phi) is 3.84. The topological polar surface area (TPSA) is 38.8 Å². The summed E-state index contributed by atoms with van der Waals surface area (Å²) in [6.07, 6.45) is 1.51. The lowest BCUT2D eigenvalue weighted by Gasteiger charge is -2.38. The molecular weight excluding hydrogens is 206 g/mol. The first kappa shape index (κ1) is 13.3. The first-order valence-corrected chi connectivity index (χ1v) is 5.79. The molecule has 0 spiro atoms. The number of carbonyl (C=O) groups excluding carboxylic acids is 1. The Morgan fingerprint density at radius 1 is 1.25 bits per heavy atom. The van der Waals surface area contributed by atoms with Gasteiger partial charge >= 0.3 is 6.09 Å². The third-order valence-corrected chi connectivity index (χ3v) is 2.97. The monoisotopic (exact) mass is 229 g/mol. The number of rotatable bonds is 1. The molecule has 1 amide bonds. The normalized spacial score (nSPS) is 20.7. The van der Waals surface area contributed by atoms with E-state index < -0.39 is 5.60 Å². The van der Waals surface area contributed by atoms with Gasteiger partial charge in [0.2, 0.25) is 0 Å². The van der Waals surface area contributed by atoms with Crippen LogP contribution in [0.15, 0.2) is 0 Å². The largest absolute Gasteiger partial charge is 0.444 e. The van der Waals surface area contributed by atoms with Gasteiger partial charge in [-0.15, -0.1) is 0 Å². The van der Waals surface area contributed by atoms with Crippen molar-refractivity contribution in [3.05, 3.63) is 0 Å². The molecule has 0 aromatic heterocycles. The van der Waals surface area contributed by atoms with E-state index in [0.29, 0.717) is 13.1 Å². The highest BCUT2D eigenvalue weighted by molar-refractivity contribution is 5.68. The van der Waals surface area contributed by atoms with Crippen molar-refractivity contribution in [1.82, 2.24) is 4.90 Å². The average Bonchev–Trinajstić information content (AvgIpc) is 2.16. The van der Waals surface area contributed by atoms with E-state index >= 15 is 0 Å². The second-order valence-corrected chi connectivity index (χ2v) is 5.62. The molecule has 16 heavy (non-hydrogen) atoms. The Hall–Kier alpha value is -0.770. The van der Waals surface area contributed by atoms with Gasteiger partial charge in [-0.05, 0) is 40.5 Å². The van der Waals surface area contributed by atoms with Gasteiger partial charge in [-0.2, -0.15) is 0 Å². The molecule has 0 aliphatic carbocycles. The average molecular weight is 229 g/mol. The summed E-state index contributed by atoms with van der Waals surface area (Å²) in [7, 11) is 1.73. The maximum atomic E-state index is 11.8. The van der Waals surface area contributed by atoms with E-state index in [1.54, 1.807) is 12.0 Å². The third-order valence-electron chi connectivity index (χ3n) is 2.97. The Bertz CT molecular complexity index is 249. The molecule has 1 rings (SSSR count). The van der Waals surface area contributed by atoms with Gasteiger partial charge < -0.3 is 14.4 Å². The highest BCUT2D eigenvalue weighted by Gasteiger charge is 2.33. The fourth-order valence-corrected chi connectivity index (χ4v) is 1.69. The second-order valence-electron chi connectivity index (χ2n) is 5.62. The minimum Gasteiger partial charge on any atom is -0.444 e. The third kappa shape index (κ3) is 3.67. The molecule has 1 saturated heterocycles. The molecule has 0 bridgehead atoms. The zero-order valence-electron chi connectivity index (χ0n) is 11.0. The Labute approximate surface area is 97.9 Å². The van der Waals surface area contributed by atoms with Crippen LogP contribution in [0.3, 0.4) is 0 Å². The predicted octanol–water partition coefficient (Wildman–Crippen LogP) is 2.42. The number of ether oxygens (including phenoxy) is 2. The van der Waals surface area contributed by atoms with Gasteiger partial charge in [0.25, 0.3) is 0 Å². The summed E-state index contributed by atoms with van der Waals surface area (Å²) in [5, 5.41) is 0. The Balaban J connectivity index is 2.45. The van der Waals surface area contributed by atoms with Gasteiger partial charge in [0.05, 0.1) is 5.60 Å². The molecule has 0 aromatic rings. The maximum absolute atomic E-state index is 11.8. The van der Waals surface area contributed by atoms with Crippen molar-refractivity contribution < 1.29 is 14.3 Å². The number of carbonyl (C=O) groups is 1. The molecule has 0 unspecified atom stereocenters. The number of amides is 1. The molecule has 94 valence electrons. The predicted molar refractivity (Wildman–Crippen MR) is 62.5 cm³/mol. The van der Waals surface area contributed by atoms with Crippen LogP contribution in [-0.4, -0.2) is 42.4 Å². The molecule has 0 saturated carbocycles. The molecule has 1 aliphatic heterocycles. The molecule has 1 heterocycles. The van der Waals surface area contributed by atoms with Crippen molar-refractivity contribution in [3.8, 4) is 0 Å². The molecule has 1 aliphatic rings. The molecule has 0 aromatic carbocycles. The van der Waals surface area contributed by atoms with Crippen LogP contribution in [0.5, 0.6) is 0 Å². The number of likely N-dealkylation sites (tertiary alicyclic amines) is 1. The lowest BCUT2D eigenvalue weighted by molar-refractivity contribution is -0.0479. The lowest BCUT2D eigenvalue weighted by atomic mass is 9.94. The summed E-state index contributed by atoms with van der Waals surface area (Å²) in [6.45, 7) is 9.15. The molecular formula is C12H23NO3. The fraction of sp³-hybridized carbons (Fsp3) is 0.917. The van der Waals surface area contributed by atoms with Crippen LogP contribution >= 0.6 is 0 Å². The summed E-state index contributed by atoms with van der Waals surface area (Å²) >= 11 is 0. The Morgan fingerprint density at radius 2 is 1.75 bits per heavy atom. The summed E-state index contributed by atoms with van der Waals surface area (Å²) in [6, 6.07) is 0. The van der Waals surface area contributed by atoms with E-state index in [1.165, 1.54) is 0 Å². The van der Waals surface area contributed by atoms with Gasteiger partial charge in [0.1, 0.15) is 5.60 Å². The van der Waals surface area contributed by atoms with Crippen LogP contribution in [0.25, 0.3) is 0 Å². The van der Waals surface area contributed by atoms with E-state index in [9.17, 15) is 4.79 Å². The van der Waals surface area contributed by atoms with Gasteiger partial charge in [-0.3, -0.25) is 0 Å². The number of methoxy groups -OCH3 is 1. The van der Waals surface area contributed by atoms with E-state index in [-0.39, 0.29) is 11.7 Å². The first-order valence-electron chi connectivity index (χ1n) is 5.79. The zero-order chi connectivity index (χ0) is 12.4. The van der Waals surface area contributed by atoms with Crippen molar-refractivity contribution in [2.75, 3.05) is 20.2 Å². The van der Waals surface area contributed by atoms with E-state index in [2.05, 4.69) is 6.92 Å². The van der Waals surface area contributed by atoms with E-state index in [0.717, 1.165) is 12.8 Å². The summed E-state index contributed by atoms with van der Waals surface area (Å²) < 4.78 is 10.8. The summed E-state index contributed by atoms with van der Waals surface area (Å²) in [5.74, 6) is 0. The first-order chi connectivity index (χ1) is 7.26. The minimum absolute atomic E-state index is 0.0848. The van der Waals surface area contributed by atoms with Crippen LogP contribution in [0.4, 0.5) is 4.79 Å². The quantitative estimate of drug-likeness (QED) is 0.693. The number of piperidine rings is 1. The molecule has 0 atom stereocenters. The summed E-state index contributed by atoms with van der Waals surface area (Å²) in [4.78, 5) is 13.5. The summed E-state index contributed by atoms with van der Waals surface area (Å²) in [5.41, 5.74) is -0.502. The highest BCUT2D eigenvalue weighted by atomic mass is 16.6. The van der Waals surface area contributed by atoms with Crippen LogP contribution in [0.2, 0.25) is 0 Å². The lowest BCUT2D eigenvalue weighted by Crippen LogP contribution is -2.47. The molecule has 4 nitrogen and oxygen atoms in total. The number of hydrogen-bond donors (Lipinski definition) is 0. The van der Waals surface area contributed by atoms with Crippen LogP contribution in [0.1, 0.15) is 40.5 Å². The standard InChI is InChI=1S/C12H23NO3/c1-11(2,3)16-10(14)13-8-6-12(4,15-5)7-9-13/h6-9H2,1-5H3. The maximum Gasteiger partial charge on any atom is 0.410 e. The van der Waals surface area contributed by atoms with Crippen LogP contribution in [0, 0.1) is 0 Å². The van der Waals surface area contributed by atoms with Gasteiger partial charge in [-0.25, -0.2) is 4.79 Å². The Morgan fingerprint density at radius 3 is 2.12 bits per heavy atom. The van der Waals surface area contributed by atoms with Crippen LogP contribution in [-0.2, 0) is 9.47 Å². The molecule has 1 fully saturated rings. The SMILES string of the molecule is COC1(C)CCN(C(=O)OC(C)(C)C)CC1. The molecule has 0 radical (unpaired) electrons. The van der Waals surface area contributed by atoms with Crippen LogP contribution < -0.4 is 0 Å². The highest BCUT2D eigenvalue weighted by Crippen LogP contribution is 2.25. The van der Waals surface area contributed by atoms with Gasteiger partial charge in [0, 0.05) is 20.2 Å². The van der Waals surface area contributed by atoms with Crippen molar-refractivity contribution in [2.45, 2.75) is 51.7 Å². The van der Waals surface area contributed by atoms with Crippen molar-refractivity contribution in [3.63, 3.8) is 0 Å². The number of nitrogens with zero attached hydrogens (tertiary/aromatic N) is 1. The molecule has 4 heteroatoms. The van der Waals surface area contributed by atoms with E-state index in [1.807, 2.05) is 20.8 Å². The van der Waals surface area contributed by atoms with Gasteiger partial charge in [0.15, 0.2) is 0 Å². The molecule has 0 N–H and O–H groups in total. The smallest absolute Gasteiger partial charge is 0.410 e. The number of hydrogen-bond acceptors (Lipinski definition) is 3. The van der Waals surface area contributed by atoms with E-state index in [4.69, 9.17) is 9.47 Å². The van der Waals surface area contributed by atoms with Crippen molar-refractivity contribution >= 4 is 6.09 Å².